The number of halogens is 2. The number of pyridine rings is 2. The summed E-state index contributed by atoms with van der Waals surface area (Å²) in [7, 11) is 0. The molecule has 8 nitrogen and oxygen atoms in total. The molecule has 0 aliphatic carbocycles. The van der Waals surface area contributed by atoms with E-state index in [0.29, 0.717) is 11.3 Å². The number of amides is 2. The number of nitrogens with two attached hydrogens (primary N) is 2. The van der Waals surface area contributed by atoms with Gasteiger partial charge in [-0.1, -0.05) is 18.2 Å². The van der Waals surface area contributed by atoms with Gasteiger partial charge in [0.2, 0.25) is 5.91 Å². The molecule has 4 aromatic rings. The van der Waals surface area contributed by atoms with Crippen molar-refractivity contribution in [2.45, 2.75) is 12.5 Å². The fourth-order valence-corrected chi connectivity index (χ4v) is 3.41. The molecule has 0 aliphatic rings. The van der Waals surface area contributed by atoms with Crippen molar-refractivity contribution < 1.29 is 18.4 Å². The fourth-order valence-electron chi connectivity index (χ4n) is 3.41. The molecule has 2 aromatic carbocycles. The number of hydrogen-bond acceptors (Lipinski definition) is 6. The normalized spacial score (nSPS) is 11.7. The summed E-state index contributed by atoms with van der Waals surface area (Å²) in [6.07, 6.45) is 1.73. The molecule has 34 heavy (non-hydrogen) atoms. The van der Waals surface area contributed by atoms with E-state index in [1.165, 1.54) is 24.3 Å². The van der Waals surface area contributed by atoms with Crippen molar-refractivity contribution in [3.8, 4) is 0 Å². The largest absolute Gasteiger partial charge is 0.368 e. The van der Waals surface area contributed by atoms with E-state index in [2.05, 4.69) is 20.6 Å². The predicted octanol–water partition coefficient (Wildman–Crippen LogP) is 3.26. The maximum atomic E-state index is 14.8. The number of carbonyl (C=O) groups is 2. The van der Waals surface area contributed by atoms with E-state index in [1.54, 1.807) is 30.5 Å². The maximum absolute atomic E-state index is 14.8. The van der Waals surface area contributed by atoms with Crippen molar-refractivity contribution >= 4 is 40.0 Å². The van der Waals surface area contributed by atoms with Gasteiger partial charge in [0.25, 0.3) is 5.91 Å². The third-order valence-electron chi connectivity index (χ3n) is 5.11. The summed E-state index contributed by atoms with van der Waals surface area (Å²) >= 11 is 0. The first kappa shape index (κ1) is 22.6. The van der Waals surface area contributed by atoms with E-state index in [4.69, 9.17) is 11.5 Å². The molecule has 0 bridgehead atoms. The second kappa shape index (κ2) is 9.49. The number of fused-ring (bicyclic) bond motifs is 1. The first-order valence-electron chi connectivity index (χ1n) is 10.2. The van der Waals surface area contributed by atoms with Crippen molar-refractivity contribution in [3.63, 3.8) is 0 Å². The summed E-state index contributed by atoms with van der Waals surface area (Å²) in [6.45, 7) is 0. The Bertz CT molecular complexity index is 1380. The summed E-state index contributed by atoms with van der Waals surface area (Å²) in [4.78, 5) is 32.3. The third-order valence-corrected chi connectivity index (χ3v) is 5.11. The third kappa shape index (κ3) is 5.07. The molecule has 0 saturated heterocycles. The number of nitrogens with zero attached hydrogens (tertiary/aromatic N) is 2. The van der Waals surface area contributed by atoms with Crippen LogP contribution in [-0.2, 0) is 11.2 Å². The van der Waals surface area contributed by atoms with Crippen LogP contribution in [0.4, 0.5) is 26.1 Å². The van der Waals surface area contributed by atoms with E-state index >= 15 is 0 Å². The van der Waals surface area contributed by atoms with Gasteiger partial charge in [-0.3, -0.25) is 14.6 Å². The lowest BCUT2D eigenvalue weighted by atomic mass is 10.1. The van der Waals surface area contributed by atoms with Crippen LogP contribution < -0.4 is 22.1 Å². The second-order valence-corrected chi connectivity index (χ2v) is 7.54. The zero-order chi connectivity index (χ0) is 24.2. The highest BCUT2D eigenvalue weighted by Gasteiger charge is 2.22. The molecule has 2 aromatic heterocycles. The minimum Gasteiger partial charge on any atom is -0.368 e. The predicted molar refractivity (Wildman–Crippen MR) is 124 cm³/mol. The van der Waals surface area contributed by atoms with Crippen molar-refractivity contribution in [2.75, 3.05) is 10.6 Å². The van der Waals surface area contributed by atoms with Crippen LogP contribution in [0.15, 0.2) is 66.9 Å². The Kier molecular flexibility index (Phi) is 6.30. The van der Waals surface area contributed by atoms with Crippen LogP contribution in [-0.4, -0.2) is 27.8 Å². The lowest BCUT2D eigenvalue weighted by molar-refractivity contribution is -0.118. The Morgan fingerprint density at radius 2 is 1.74 bits per heavy atom. The number of carbonyl (C=O) groups excluding carboxylic acids is 2. The van der Waals surface area contributed by atoms with E-state index in [0.717, 1.165) is 17.0 Å². The average molecular weight is 462 g/mol. The van der Waals surface area contributed by atoms with Gasteiger partial charge in [-0.25, -0.2) is 13.8 Å². The zero-order valence-corrected chi connectivity index (χ0v) is 17.8. The van der Waals surface area contributed by atoms with Gasteiger partial charge in [-0.05, 0) is 48.0 Å². The molecular weight excluding hydrogens is 442 g/mol. The molecule has 0 unspecified atom stereocenters. The molecular formula is C24H20F2N6O2. The summed E-state index contributed by atoms with van der Waals surface area (Å²) in [6, 6.07) is 14.3. The van der Waals surface area contributed by atoms with Gasteiger partial charge < -0.3 is 22.1 Å². The number of anilines is 3. The summed E-state index contributed by atoms with van der Waals surface area (Å²) in [5, 5.41) is 6.48. The lowest BCUT2D eigenvalue weighted by Crippen LogP contribution is -2.38. The van der Waals surface area contributed by atoms with E-state index in [-0.39, 0.29) is 23.6 Å². The van der Waals surface area contributed by atoms with Crippen LogP contribution in [0.3, 0.4) is 0 Å². The van der Waals surface area contributed by atoms with E-state index in [1.807, 2.05) is 6.07 Å². The van der Waals surface area contributed by atoms with Crippen LogP contribution >= 0.6 is 0 Å². The smallest absolute Gasteiger partial charge is 0.252 e. The van der Waals surface area contributed by atoms with Gasteiger partial charge in [-0.15, -0.1) is 0 Å². The molecule has 0 spiro atoms. The molecule has 1 atom stereocenters. The summed E-state index contributed by atoms with van der Waals surface area (Å²) in [5.74, 6) is -3.29. The zero-order valence-electron chi connectivity index (χ0n) is 17.8. The molecule has 172 valence electrons. The van der Waals surface area contributed by atoms with Gasteiger partial charge in [-0.2, -0.15) is 0 Å². The second-order valence-electron chi connectivity index (χ2n) is 7.54. The molecule has 0 fully saturated rings. The van der Waals surface area contributed by atoms with Crippen molar-refractivity contribution in [1.82, 2.24) is 9.97 Å². The Hall–Kier alpha value is -4.60. The molecule has 6 N–H and O–H groups in total. The highest BCUT2D eigenvalue weighted by Crippen LogP contribution is 2.26. The number of aromatic nitrogens is 2. The number of rotatable bonds is 8. The monoisotopic (exact) mass is 462 g/mol. The molecule has 0 aliphatic heterocycles. The van der Waals surface area contributed by atoms with Crippen LogP contribution in [0.25, 0.3) is 10.9 Å². The van der Waals surface area contributed by atoms with Gasteiger partial charge in [0.15, 0.2) is 11.6 Å². The molecule has 2 amide bonds. The molecule has 4 rings (SSSR count). The quantitative estimate of drug-likeness (QED) is 0.317. The van der Waals surface area contributed by atoms with Crippen LogP contribution in [0.1, 0.15) is 15.9 Å². The fraction of sp³-hybridized carbons (Fsp3) is 0.0833. The number of benzene rings is 2. The van der Waals surface area contributed by atoms with Crippen molar-refractivity contribution in [1.29, 1.82) is 0 Å². The van der Waals surface area contributed by atoms with Gasteiger partial charge in [0, 0.05) is 23.7 Å². The first-order chi connectivity index (χ1) is 16.3. The highest BCUT2D eigenvalue weighted by molar-refractivity contribution is 5.99. The average Bonchev–Trinajstić information content (AvgIpc) is 2.81. The summed E-state index contributed by atoms with van der Waals surface area (Å²) in [5.41, 5.74) is 12.7. The molecule has 0 saturated carbocycles. The molecule has 10 heteroatoms. The van der Waals surface area contributed by atoms with E-state index < -0.39 is 29.5 Å². The topological polar surface area (TPSA) is 136 Å². The highest BCUT2D eigenvalue weighted by atomic mass is 19.1. The number of nitrogens with one attached hydrogen (secondary N) is 2. The van der Waals surface area contributed by atoms with Gasteiger partial charge in [0.1, 0.15) is 17.7 Å². The SMILES string of the molecule is NC(=O)c1cc(F)c(N[C@H](Cc2ccc(F)cc2)C(N)=O)nc1Nc1ccc2ncccc2c1. The van der Waals surface area contributed by atoms with Gasteiger partial charge in [0.05, 0.1) is 11.1 Å². The molecule has 0 radical (unpaired) electrons. The van der Waals surface area contributed by atoms with Crippen molar-refractivity contribution in [3.05, 3.63) is 89.6 Å². The van der Waals surface area contributed by atoms with Crippen LogP contribution in [0.5, 0.6) is 0 Å². The maximum Gasteiger partial charge on any atom is 0.252 e. The Morgan fingerprint density at radius 1 is 0.971 bits per heavy atom. The Balaban J connectivity index is 1.65. The van der Waals surface area contributed by atoms with Crippen LogP contribution in [0, 0.1) is 11.6 Å². The standard InChI is InChI=1S/C24H20F2N6O2/c25-15-5-3-13(4-6-15)10-20(22(28)34)31-24-18(26)12-17(21(27)33)23(32-24)30-16-7-8-19-14(11-16)2-1-9-29-19/h1-9,11-12,20H,10H2,(H2,27,33)(H2,28,34)(H2,30,31,32)/t20-/m1/s1. The number of hydrogen-bond donors (Lipinski definition) is 4. The van der Waals surface area contributed by atoms with Crippen LogP contribution in [0.2, 0.25) is 0 Å². The summed E-state index contributed by atoms with van der Waals surface area (Å²) < 4.78 is 28.0. The Labute approximate surface area is 193 Å². The van der Waals surface area contributed by atoms with E-state index in [9.17, 15) is 18.4 Å². The lowest BCUT2D eigenvalue weighted by Gasteiger charge is -2.18. The van der Waals surface area contributed by atoms with Gasteiger partial charge >= 0.3 is 0 Å². The first-order valence-corrected chi connectivity index (χ1v) is 10.2. The minimum absolute atomic E-state index is 0.00959. The Morgan fingerprint density at radius 3 is 2.44 bits per heavy atom. The minimum atomic E-state index is -1.05. The van der Waals surface area contributed by atoms with Crippen molar-refractivity contribution in [2.24, 2.45) is 11.5 Å². The number of primary amides is 2. The molecule has 2 heterocycles.